The minimum absolute atomic E-state index is 0.125. The van der Waals surface area contributed by atoms with Gasteiger partial charge in [0.2, 0.25) is 5.91 Å². The fourth-order valence-electron chi connectivity index (χ4n) is 2.73. The summed E-state index contributed by atoms with van der Waals surface area (Å²) in [7, 11) is 1.88. The van der Waals surface area contributed by atoms with Crippen LogP contribution in [0.3, 0.4) is 0 Å². The maximum atomic E-state index is 12.4. The second kappa shape index (κ2) is 7.77. The molecule has 1 unspecified atom stereocenters. The van der Waals surface area contributed by atoms with E-state index in [4.69, 9.17) is 4.74 Å². The fraction of sp³-hybridized carbons (Fsp3) is 0.444. The highest BCUT2D eigenvalue weighted by atomic mass is 32.1. The minimum Gasteiger partial charge on any atom is -0.486 e. The lowest BCUT2D eigenvalue weighted by molar-refractivity contribution is -0.130. The van der Waals surface area contributed by atoms with Crippen LogP contribution >= 0.6 is 11.3 Å². The smallest absolute Gasteiger partial charge is 0.228 e. The van der Waals surface area contributed by atoms with Gasteiger partial charge in [-0.3, -0.25) is 4.79 Å². The van der Waals surface area contributed by atoms with E-state index in [2.05, 4.69) is 10.3 Å². The first-order valence-electron chi connectivity index (χ1n) is 8.21. The highest BCUT2D eigenvalue weighted by molar-refractivity contribution is 7.09. The Bertz CT molecular complexity index is 678. The first kappa shape index (κ1) is 16.9. The van der Waals surface area contributed by atoms with Crippen molar-refractivity contribution < 1.29 is 9.53 Å². The maximum absolute atomic E-state index is 12.4. The average molecular weight is 345 g/mol. The minimum atomic E-state index is 0.125. The number of hydrogen-bond donors (Lipinski definition) is 1. The van der Waals surface area contributed by atoms with Gasteiger partial charge in [0.15, 0.2) is 0 Å². The van der Waals surface area contributed by atoms with Gasteiger partial charge in [-0.2, -0.15) is 0 Å². The van der Waals surface area contributed by atoms with E-state index in [-0.39, 0.29) is 5.91 Å². The number of nitrogens with zero attached hydrogens (tertiary/aromatic N) is 2. The van der Waals surface area contributed by atoms with Crippen LogP contribution in [0.5, 0.6) is 5.75 Å². The van der Waals surface area contributed by atoms with Crippen LogP contribution in [0.2, 0.25) is 0 Å². The number of amides is 1. The third kappa shape index (κ3) is 4.33. The molecule has 0 saturated carbocycles. The highest BCUT2D eigenvalue weighted by Gasteiger charge is 2.23. The number of likely N-dealkylation sites (N-methyl/N-ethyl adjacent to an activating group) is 1. The van der Waals surface area contributed by atoms with Gasteiger partial charge in [0.05, 0.1) is 12.1 Å². The summed E-state index contributed by atoms with van der Waals surface area (Å²) in [5.74, 6) is 0.960. The van der Waals surface area contributed by atoms with Crippen LogP contribution in [0.15, 0.2) is 29.6 Å². The summed E-state index contributed by atoms with van der Waals surface area (Å²) in [6, 6.07) is 8.26. The number of rotatable bonds is 6. The van der Waals surface area contributed by atoms with Gasteiger partial charge in [0.25, 0.3) is 0 Å². The fourth-order valence-corrected chi connectivity index (χ4v) is 3.43. The van der Waals surface area contributed by atoms with Crippen LogP contribution in [0.4, 0.5) is 0 Å². The molecule has 2 heterocycles. The largest absolute Gasteiger partial charge is 0.486 e. The molecule has 1 aromatic heterocycles. The Labute approximate surface area is 146 Å². The van der Waals surface area contributed by atoms with Crippen LogP contribution in [0, 0.1) is 6.92 Å². The average Bonchev–Trinajstić information content (AvgIpc) is 3.25. The number of hydrogen-bond acceptors (Lipinski definition) is 5. The van der Waals surface area contributed by atoms with Gasteiger partial charge in [-0.1, -0.05) is 17.7 Å². The summed E-state index contributed by atoms with van der Waals surface area (Å²) in [6.07, 6.45) is 1.38. The normalized spacial score (nSPS) is 17.0. The number of ether oxygens (including phenoxy) is 1. The lowest BCUT2D eigenvalue weighted by Crippen LogP contribution is -2.39. The Balaban J connectivity index is 1.51. The Kier molecular flexibility index (Phi) is 5.48. The molecule has 3 rings (SSSR count). The van der Waals surface area contributed by atoms with Crippen LogP contribution in [0.1, 0.15) is 22.7 Å². The van der Waals surface area contributed by atoms with E-state index in [1.165, 1.54) is 16.9 Å². The number of carbonyl (C=O) groups excluding carboxylic acids is 1. The van der Waals surface area contributed by atoms with Gasteiger partial charge in [0, 0.05) is 25.0 Å². The second-order valence-corrected chi connectivity index (χ2v) is 7.11. The predicted octanol–water partition coefficient (Wildman–Crippen LogP) is 2.39. The molecule has 2 aromatic rings. The van der Waals surface area contributed by atoms with Crippen molar-refractivity contribution in [3.05, 3.63) is 45.9 Å². The molecular formula is C18H23N3O2S. The van der Waals surface area contributed by atoms with Crippen molar-refractivity contribution in [2.45, 2.75) is 32.4 Å². The summed E-state index contributed by atoms with van der Waals surface area (Å²) >= 11 is 1.54. The molecule has 1 aromatic carbocycles. The van der Waals surface area contributed by atoms with Crippen molar-refractivity contribution in [1.29, 1.82) is 0 Å². The molecule has 1 fully saturated rings. The number of thiazole rings is 1. The third-order valence-electron chi connectivity index (χ3n) is 4.29. The monoisotopic (exact) mass is 345 g/mol. The van der Waals surface area contributed by atoms with Gasteiger partial charge in [-0.15, -0.1) is 11.3 Å². The van der Waals surface area contributed by atoms with Gasteiger partial charge >= 0.3 is 0 Å². The van der Waals surface area contributed by atoms with E-state index in [9.17, 15) is 4.79 Å². The summed E-state index contributed by atoms with van der Waals surface area (Å²) in [6.45, 7) is 4.35. The molecule has 1 aliphatic heterocycles. The van der Waals surface area contributed by atoms with E-state index < -0.39 is 0 Å². The summed E-state index contributed by atoms with van der Waals surface area (Å²) < 4.78 is 5.74. The van der Waals surface area contributed by atoms with Crippen molar-refractivity contribution in [2.75, 3.05) is 20.1 Å². The number of benzene rings is 1. The molecule has 1 atom stereocenters. The van der Waals surface area contributed by atoms with Gasteiger partial charge in [-0.25, -0.2) is 4.98 Å². The maximum Gasteiger partial charge on any atom is 0.228 e. The number of nitrogens with one attached hydrogen (secondary N) is 1. The standard InChI is InChI=1S/C18H23N3O2S/c1-13-3-5-16(6-4-13)23-11-17-20-14(12-24-17)9-18(22)21(2)15-7-8-19-10-15/h3-6,12,15,19H,7-11H2,1-2H3. The lowest BCUT2D eigenvalue weighted by Gasteiger charge is -2.23. The molecular weight excluding hydrogens is 322 g/mol. The summed E-state index contributed by atoms with van der Waals surface area (Å²) in [5, 5.41) is 6.13. The van der Waals surface area contributed by atoms with Gasteiger partial charge in [-0.05, 0) is 32.0 Å². The Morgan fingerprint density at radius 2 is 2.21 bits per heavy atom. The summed E-state index contributed by atoms with van der Waals surface area (Å²) in [4.78, 5) is 18.7. The van der Waals surface area contributed by atoms with E-state index in [0.717, 1.165) is 36.0 Å². The van der Waals surface area contributed by atoms with Crippen LogP contribution in [-0.4, -0.2) is 42.0 Å². The third-order valence-corrected chi connectivity index (χ3v) is 5.16. The molecule has 5 nitrogen and oxygen atoms in total. The molecule has 24 heavy (non-hydrogen) atoms. The van der Waals surface area contributed by atoms with Crippen LogP contribution < -0.4 is 10.1 Å². The number of carbonyl (C=O) groups is 1. The van der Waals surface area contributed by atoms with Gasteiger partial charge < -0.3 is 15.0 Å². The lowest BCUT2D eigenvalue weighted by atomic mass is 10.2. The molecule has 6 heteroatoms. The van der Waals surface area contributed by atoms with Crippen molar-refractivity contribution in [1.82, 2.24) is 15.2 Å². The molecule has 0 radical (unpaired) electrons. The predicted molar refractivity (Wildman–Crippen MR) is 95.4 cm³/mol. The zero-order valence-corrected chi connectivity index (χ0v) is 14.9. The van der Waals surface area contributed by atoms with Crippen LogP contribution in [-0.2, 0) is 17.8 Å². The quantitative estimate of drug-likeness (QED) is 0.873. The molecule has 1 amide bonds. The molecule has 0 aliphatic carbocycles. The first-order chi connectivity index (χ1) is 11.6. The molecule has 0 spiro atoms. The highest BCUT2D eigenvalue weighted by Crippen LogP contribution is 2.17. The van der Waals surface area contributed by atoms with Crippen molar-refractivity contribution in [2.24, 2.45) is 0 Å². The van der Waals surface area contributed by atoms with Crippen molar-refractivity contribution in [3.8, 4) is 5.75 Å². The molecule has 1 saturated heterocycles. The Morgan fingerprint density at radius 3 is 2.92 bits per heavy atom. The van der Waals surface area contributed by atoms with Gasteiger partial charge in [0.1, 0.15) is 17.4 Å². The number of aromatic nitrogens is 1. The zero-order valence-electron chi connectivity index (χ0n) is 14.1. The van der Waals surface area contributed by atoms with Crippen LogP contribution in [0.25, 0.3) is 0 Å². The molecule has 0 bridgehead atoms. The molecule has 1 N–H and O–H groups in total. The Morgan fingerprint density at radius 1 is 1.42 bits per heavy atom. The zero-order chi connectivity index (χ0) is 16.9. The van der Waals surface area contributed by atoms with E-state index >= 15 is 0 Å². The van der Waals surface area contributed by atoms with Crippen molar-refractivity contribution in [3.63, 3.8) is 0 Å². The topological polar surface area (TPSA) is 54.5 Å². The molecule has 1 aliphatic rings. The SMILES string of the molecule is Cc1ccc(OCc2nc(CC(=O)N(C)C3CCNC3)cs2)cc1. The van der Waals surface area contributed by atoms with Crippen molar-refractivity contribution >= 4 is 17.2 Å². The second-order valence-electron chi connectivity index (χ2n) is 6.16. The first-order valence-corrected chi connectivity index (χ1v) is 9.09. The van der Waals surface area contributed by atoms with E-state index in [1.807, 2.05) is 48.5 Å². The van der Waals surface area contributed by atoms with E-state index in [1.54, 1.807) is 0 Å². The number of aryl methyl sites for hydroxylation is 1. The molecule has 128 valence electrons. The Hall–Kier alpha value is -1.92. The van der Waals surface area contributed by atoms with E-state index in [0.29, 0.717) is 19.1 Å². The summed E-state index contributed by atoms with van der Waals surface area (Å²) in [5.41, 5.74) is 2.03.